The minimum absolute atomic E-state index is 0.135. The molecule has 1 aromatic heterocycles. The number of allylic oxidation sites excluding steroid dienone is 2. The number of hydrogen-bond donors (Lipinski definition) is 0. The van der Waals surface area contributed by atoms with Crippen LogP contribution in [0, 0.1) is 5.92 Å². The van der Waals surface area contributed by atoms with Gasteiger partial charge in [0.25, 0.3) is 5.91 Å². The molecule has 0 saturated carbocycles. The van der Waals surface area contributed by atoms with Crippen molar-refractivity contribution in [1.29, 1.82) is 0 Å². The van der Waals surface area contributed by atoms with Crippen molar-refractivity contribution >= 4 is 17.2 Å². The van der Waals surface area contributed by atoms with Crippen molar-refractivity contribution < 1.29 is 4.79 Å². The van der Waals surface area contributed by atoms with E-state index in [1.807, 2.05) is 10.3 Å². The number of carbonyl (C=O) groups is 1. The molecule has 3 aliphatic rings. The predicted molar refractivity (Wildman–Crippen MR) is 111 cm³/mol. The van der Waals surface area contributed by atoms with Gasteiger partial charge in [0.2, 0.25) is 0 Å². The number of rotatable bonds is 5. The van der Waals surface area contributed by atoms with Crippen LogP contribution in [-0.4, -0.2) is 46.9 Å². The Bertz CT molecular complexity index is 675. The molecule has 2 aliphatic heterocycles. The molecular formula is C22H33N3OS. The molecule has 0 aromatic carbocycles. The van der Waals surface area contributed by atoms with Gasteiger partial charge >= 0.3 is 0 Å². The van der Waals surface area contributed by atoms with Crippen LogP contribution in [0.2, 0.25) is 0 Å². The average molecular weight is 388 g/mol. The minimum Gasteiger partial charge on any atom is -0.311 e. The van der Waals surface area contributed by atoms with E-state index in [0.717, 1.165) is 19.4 Å². The first-order valence-corrected chi connectivity index (χ1v) is 11.8. The molecular weight excluding hydrogens is 354 g/mol. The van der Waals surface area contributed by atoms with E-state index in [1.165, 1.54) is 75.3 Å². The summed E-state index contributed by atoms with van der Waals surface area (Å²) >= 11 is 1.70. The molecule has 0 bridgehead atoms. The first kappa shape index (κ1) is 19.1. The molecule has 27 heavy (non-hydrogen) atoms. The topological polar surface area (TPSA) is 36.4 Å². The summed E-state index contributed by atoms with van der Waals surface area (Å²) in [4.78, 5) is 22.6. The van der Waals surface area contributed by atoms with Gasteiger partial charge in [-0.05, 0) is 76.9 Å². The molecule has 1 unspecified atom stereocenters. The summed E-state index contributed by atoms with van der Waals surface area (Å²) in [7, 11) is 0. The Morgan fingerprint density at radius 2 is 1.96 bits per heavy atom. The second-order valence-corrected chi connectivity index (χ2v) is 9.29. The molecule has 2 saturated heterocycles. The zero-order chi connectivity index (χ0) is 18.6. The fourth-order valence-corrected chi connectivity index (χ4v) is 5.86. The Kier molecular flexibility index (Phi) is 6.28. The van der Waals surface area contributed by atoms with Gasteiger partial charge in [-0.2, -0.15) is 0 Å². The molecule has 4 rings (SSSR count). The number of likely N-dealkylation sites (tertiary alicyclic amines) is 2. The summed E-state index contributed by atoms with van der Waals surface area (Å²) < 4.78 is 0. The van der Waals surface area contributed by atoms with Crippen molar-refractivity contribution in [3.8, 4) is 0 Å². The third kappa shape index (κ3) is 4.29. The maximum atomic E-state index is 13.1. The Hall–Kier alpha value is -1.20. The fourth-order valence-electron chi connectivity index (χ4n) is 4.89. The number of hydrogen-bond acceptors (Lipinski definition) is 4. The van der Waals surface area contributed by atoms with Gasteiger partial charge < -0.3 is 9.80 Å². The summed E-state index contributed by atoms with van der Waals surface area (Å²) in [5.74, 6) is 1.27. The Balaban J connectivity index is 1.39. The van der Waals surface area contributed by atoms with Crippen LogP contribution in [0.5, 0.6) is 0 Å². The number of unbranched alkanes of at least 4 members (excludes halogenated alkanes) is 1. The van der Waals surface area contributed by atoms with Gasteiger partial charge in [0.15, 0.2) is 0 Å². The Labute approximate surface area is 167 Å². The molecule has 148 valence electrons. The maximum absolute atomic E-state index is 13.1. The SMILES string of the molecule is CCCCN1CCC(c2nc(C(=O)N3CCCC4CCCC=C43)cs2)CC1. The highest BCUT2D eigenvalue weighted by Gasteiger charge is 2.32. The monoisotopic (exact) mass is 387 g/mol. The lowest BCUT2D eigenvalue weighted by Crippen LogP contribution is -2.39. The number of fused-ring (bicyclic) bond motifs is 1. The van der Waals surface area contributed by atoms with Crippen molar-refractivity contribution in [1.82, 2.24) is 14.8 Å². The van der Waals surface area contributed by atoms with Crippen LogP contribution in [0.4, 0.5) is 0 Å². The van der Waals surface area contributed by atoms with E-state index in [9.17, 15) is 4.79 Å². The number of piperidine rings is 2. The number of thiazole rings is 1. The van der Waals surface area contributed by atoms with Crippen molar-refractivity contribution in [3.05, 3.63) is 27.9 Å². The van der Waals surface area contributed by atoms with Gasteiger partial charge in [0.05, 0.1) is 5.01 Å². The minimum atomic E-state index is 0.135. The molecule has 2 fully saturated rings. The van der Waals surface area contributed by atoms with E-state index in [2.05, 4.69) is 17.9 Å². The lowest BCUT2D eigenvalue weighted by molar-refractivity contribution is 0.0743. The van der Waals surface area contributed by atoms with Crippen LogP contribution in [0.15, 0.2) is 17.2 Å². The third-order valence-electron chi connectivity index (χ3n) is 6.53. The largest absolute Gasteiger partial charge is 0.311 e. The van der Waals surface area contributed by atoms with Crippen LogP contribution in [0.25, 0.3) is 0 Å². The first-order valence-electron chi connectivity index (χ1n) is 11.0. The van der Waals surface area contributed by atoms with Crippen molar-refractivity contribution in [2.45, 2.75) is 70.6 Å². The standard InChI is InChI=1S/C22H33N3OS/c1-2-3-12-24-14-10-18(11-15-24)21-23-19(16-27-21)22(26)25-13-6-8-17-7-4-5-9-20(17)25/h9,16-18H,2-8,10-15H2,1H3. The second-order valence-electron chi connectivity index (χ2n) is 8.40. The van der Waals surface area contributed by atoms with Gasteiger partial charge in [-0.15, -0.1) is 11.3 Å². The average Bonchev–Trinajstić information content (AvgIpc) is 3.22. The molecule has 1 aliphatic carbocycles. The fraction of sp³-hybridized carbons (Fsp3) is 0.727. The van der Waals surface area contributed by atoms with E-state index in [1.54, 1.807) is 11.3 Å². The predicted octanol–water partition coefficient (Wildman–Crippen LogP) is 5.04. The lowest BCUT2D eigenvalue weighted by atomic mass is 9.85. The van der Waals surface area contributed by atoms with Crippen LogP contribution in [-0.2, 0) is 0 Å². The lowest BCUT2D eigenvalue weighted by Gasteiger charge is -2.37. The molecule has 0 spiro atoms. The van der Waals surface area contributed by atoms with Gasteiger partial charge in [-0.1, -0.05) is 19.4 Å². The number of nitrogens with zero attached hydrogens (tertiary/aromatic N) is 3. The molecule has 0 N–H and O–H groups in total. The number of carbonyl (C=O) groups excluding carboxylic acids is 1. The zero-order valence-corrected chi connectivity index (χ0v) is 17.5. The quantitative estimate of drug-likeness (QED) is 0.710. The van der Waals surface area contributed by atoms with E-state index in [4.69, 9.17) is 4.98 Å². The number of aromatic nitrogens is 1. The summed E-state index contributed by atoms with van der Waals surface area (Å²) in [5, 5.41) is 3.19. The smallest absolute Gasteiger partial charge is 0.277 e. The van der Waals surface area contributed by atoms with Gasteiger partial charge in [-0.3, -0.25) is 4.79 Å². The third-order valence-corrected chi connectivity index (χ3v) is 7.53. The van der Waals surface area contributed by atoms with E-state index in [-0.39, 0.29) is 5.91 Å². The first-order chi connectivity index (χ1) is 13.3. The Morgan fingerprint density at radius 3 is 2.78 bits per heavy atom. The molecule has 3 heterocycles. The summed E-state index contributed by atoms with van der Waals surface area (Å²) in [6.45, 7) is 6.71. The summed E-state index contributed by atoms with van der Waals surface area (Å²) in [6, 6.07) is 0. The molecule has 4 nitrogen and oxygen atoms in total. The van der Waals surface area contributed by atoms with Gasteiger partial charge in [0.1, 0.15) is 5.69 Å². The van der Waals surface area contributed by atoms with Crippen molar-refractivity contribution in [2.75, 3.05) is 26.2 Å². The zero-order valence-electron chi connectivity index (χ0n) is 16.7. The van der Waals surface area contributed by atoms with Gasteiger partial charge in [-0.25, -0.2) is 4.98 Å². The van der Waals surface area contributed by atoms with Crippen molar-refractivity contribution in [3.63, 3.8) is 0 Å². The van der Waals surface area contributed by atoms with Crippen LogP contribution >= 0.6 is 11.3 Å². The molecule has 1 amide bonds. The summed E-state index contributed by atoms with van der Waals surface area (Å²) in [5.41, 5.74) is 1.96. The van der Waals surface area contributed by atoms with Gasteiger partial charge in [0, 0.05) is 23.5 Å². The van der Waals surface area contributed by atoms with Crippen LogP contribution in [0.1, 0.15) is 86.1 Å². The molecule has 1 aromatic rings. The molecule has 0 radical (unpaired) electrons. The Morgan fingerprint density at radius 1 is 1.15 bits per heavy atom. The maximum Gasteiger partial charge on any atom is 0.277 e. The van der Waals surface area contributed by atoms with E-state index in [0.29, 0.717) is 17.5 Å². The summed E-state index contributed by atoms with van der Waals surface area (Å²) in [6.07, 6.45) is 13.2. The molecule has 5 heteroatoms. The number of amides is 1. The highest BCUT2D eigenvalue weighted by Crippen LogP contribution is 2.36. The van der Waals surface area contributed by atoms with Crippen molar-refractivity contribution in [2.24, 2.45) is 5.92 Å². The highest BCUT2D eigenvalue weighted by atomic mass is 32.1. The second kappa shape index (κ2) is 8.87. The van der Waals surface area contributed by atoms with E-state index < -0.39 is 0 Å². The van der Waals surface area contributed by atoms with E-state index >= 15 is 0 Å². The van der Waals surface area contributed by atoms with Crippen LogP contribution in [0.3, 0.4) is 0 Å². The van der Waals surface area contributed by atoms with Crippen LogP contribution < -0.4 is 0 Å². The normalized spacial score (nSPS) is 24.6. The highest BCUT2D eigenvalue weighted by molar-refractivity contribution is 7.09. The molecule has 1 atom stereocenters.